The summed E-state index contributed by atoms with van der Waals surface area (Å²) in [4.78, 5) is 16.6. The first kappa shape index (κ1) is 16.3. The minimum atomic E-state index is -0.184. The van der Waals surface area contributed by atoms with Crippen LogP contribution in [0.4, 0.5) is 0 Å². The van der Waals surface area contributed by atoms with Gasteiger partial charge in [0, 0.05) is 32.7 Å². The molecule has 1 aromatic carbocycles. The lowest BCUT2D eigenvalue weighted by molar-refractivity contribution is -0.132. The number of ether oxygens (including phenoxy) is 1. The summed E-state index contributed by atoms with van der Waals surface area (Å²) in [5.74, 6) is 1.51. The highest BCUT2D eigenvalue weighted by Gasteiger charge is 2.32. The molecule has 1 amide bonds. The van der Waals surface area contributed by atoms with Crippen molar-refractivity contribution in [3.05, 3.63) is 29.8 Å². The minimum Gasteiger partial charge on any atom is -0.497 e. The number of nitrogens with zero attached hydrogens (tertiary/aromatic N) is 2. The minimum absolute atomic E-state index is 0.178. The molecule has 0 spiro atoms. The van der Waals surface area contributed by atoms with Crippen LogP contribution >= 0.6 is 0 Å². The number of amides is 1. The van der Waals surface area contributed by atoms with Crippen molar-refractivity contribution in [3.8, 4) is 5.75 Å². The van der Waals surface area contributed by atoms with Gasteiger partial charge in [0.25, 0.3) is 0 Å². The van der Waals surface area contributed by atoms with E-state index in [1.54, 1.807) is 7.11 Å². The Bertz CT molecular complexity index is 520. The number of benzene rings is 1. The standard InChI is InChI=1S/C18H26N2O3/c1-23-16-6-2-14(3-7-16)12-18(22)20-10-8-19(9-11-20)13-17(21)15-4-5-15/h2-3,6-7,15,17,21H,4-5,8-13H2,1H3/t17-/m0/s1. The fourth-order valence-corrected chi connectivity index (χ4v) is 3.10. The largest absolute Gasteiger partial charge is 0.497 e. The summed E-state index contributed by atoms with van der Waals surface area (Å²) in [5, 5.41) is 10.0. The van der Waals surface area contributed by atoms with Crippen molar-refractivity contribution in [2.24, 2.45) is 5.92 Å². The topological polar surface area (TPSA) is 53.0 Å². The number of hydrogen-bond donors (Lipinski definition) is 1. The second-order valence-electron chi connectivity index (χ2n) is 6.61. The zero-order valence-electron chi connectivity index (χ0n) is 13.8. The Morgan fingerprint density at radius 3 is 2.43 bits per heavy atom. The van der Waals surface area contributed by atoms with E-state index in [0.717, 1.165) is 44.0 Å². The van der Waals surface area contributed by atoms with Crippen molar-refractivity contribution >= 4 is 5.91 Å². The molecule has 1 saturated carbocycles. The molecule has 5 nitrogen and oxygen atoms in total. The number of aliphatic hydroxyl groups is 1. The summed E-state index contributed by atoms with van der Waals surface area (Å²) >= 11 is 0. The molecule has 0 aromatic heterocycles. The molecule has 3 rings (SSSR count). The van der Waals surface area contributed by atoms with E-state index in [4.69, 9.17) is 4.74 Å². The number of carbonyl (C=O) groups is 1. The van der Waals surface area contributed by atoms with E-state index in [-0.39, 0.29) is 12.0 Å². The molecular formula is C18H26N2O3. The van der Waals surface area contributed by atoms with Gasteiger partial charge in [0.05, 0.1) is 19.6 Å². The van der Waals surface area contributed by atoms with Gasteiger partial charge in [0.1, 0.15) is 5.75 Å². The highest BCUT2D eigenvalue weighted by atomic mass is 16.5. The van der Waals surface area contributed by atoms with Crippen molar-refractivity contribution in [2.75, 3.05) is 39.8 Å². The number of piperazine rings is 1. The molecule has 5 heteroatoms. The highest BCUT2D eigenvalue weighted by Crippen LogP contribution is 2.32. The van der Waals surface area contributed by atoms with Crippen LogP contribution < -0.4 is 4.74 Å². The van der Waals surface area contributed by atoms with E-state index in [1.165, 1.54) is 12.8 Å². The zero-order chi connectivity index (χ0) is 16.2. The van der Waals surface area contributed by atoms with E-state index in [1.807, 2.05) is 29.2 Å². The molecule has 1 aliphatic carbocycles. The molecule has 1 aliphatic heterocycles. The second kappa shape index (κ2) is 7.32. The van der Waals surface area contributed by atoms with Gasteiger partial charge in [-0.3, -0.25) is 9.69 Å². The van der Waals surface area contributed by atoms with Crippen molar-refractivity contribution in [2.45, 2.75) is 25.4 Å². The van der Waals surface area contributed by atoms with Crippen molar-refractivity contribution < 1.29 is 14.6 Å². The summed E-state index contributed by atoms with van der Waals surface area (Å²) in [6.07, 6.45) is 2.59. The van der Waals surface area contributed by atoms with Crippen LogP contribution in [0.1, 0.15) is 18.4 Å². The van der Waals surface area contributed by atoms with Gasteiger partial charge in [-0.05, 0) is 36.5 Å². The monoisotopic (exact) mass is 318 g/mol. The van der Waals surface area contributed by atoms with Crippen LogP contribution in [-0.2, 0) is 11.2 Å². The molecule has 23 heavy (non-hydrogen) atoms. The summed E-state index contributed by atoms with van der Waals surface area (Å²) < 4.78 is 5.13. The molecule has 126 valence electrons. The average molecular weight is 318 g/mol. The van der Waals surface area contributed by atoms with Gasteiger partial charge < -0.3 is 14.7 Å². The van der Waals surface area contributed by atoms with Crippen LogP contribution in [0, 0.1) is 5.92 Å². The maximum absolute atomic E-state index is 12.4. The molecule has 2 fully saturated rings. The maximum atomic E-state index is 12.4. The van der Waals surface area contributed by atoms with Crippen LogP contribution in [0.5, 0.6) is 5.75 Å². The third kappa shape index (κ3) is 4.45. The third-order valence-corrected chi connectivity index (χ3v) is 4.85. The number of β-amino-alcohol motifs (C(OH)–C–C–N with tert-alkyl or cyclic N) is 1. The number of rotatable bonds is 6. The van der Waals surface area contributed by atoms with Crippen LogP contribution in [-0.4, -0.2) is 66.8 Å². The van der Waals surface area contributed by atoms with Gasteiger partial charge in [-0.2, -0.15) is 0 Å². The molecule has 1 aromatic rings. The lowest BCUT2D eigenvalue weighted by atomic mass is 10.1. The molecule has 1 heterocycles. The van der Waals surface area contributed by atoms with Crippen LogP contribution in [0.3, 0.4) is 0 Å². The number of carbonyl (C=O) groups excluding carboxylic acids is 1. The Kier molecular flexibility index (Phi) is 5.18. The summed E-state index contributed by atoms with van der Waals surface area (Å²) in [6.45, 7) is 3.99. The lowest BCUT2D eigenvalue weighted by Gasteiger charge is -2.35. The third-order valence-electron chi connectivity index (χ3n) is 4.85. The first-order chi connectivity index (χ1) is 11.2. The van der Waals surface area contributed by atoms with Crippen molar-refractivity contribution in [3.63, 3.8) is 0 Å². The summed E-state index contributed by atoms with van der Waals surface area (Å²) in [6, 6.07) is 7.66. The second-order valence-corrected chi connectivity index (χ2v) is 6.61. The predicted octanol–water partition coefficient (Wildman–Crippen LogP) is 1.15. The van der Waals surface area contributed by atoms with Crippen LogP contribution in [0.2, 0.25) is 0 Å². The Morgan fingerprint density at radius 1 is 1.22 bits per heavy atom. The van der Waals surface area contributed by atoms with Gasteiger partial charge in [-0.25, -0.2) is 0 Å². The predicted molar refractivity (Wildman–Crippen MR) is 88.4 cm³/mol. The normalized spacial score (nSPS) is 20.3. The van der Waals surface area contributed by atoms with E-state index < -0.39 is 0 Å². The number of hydrogen-bond acceptors (Lipinski definition) is 4. The Morgan fingerprint density at radius 2 is 1.87 bits per heavy atom. The van der Waals surface area contributed by atoms with Gasteiger partial charge in [0.15, 0.2) is 0 Å². The van der Waals surface area contributed by atoms with Crippen molar-refractivity contribution in [1.82, 2.24) is 9.80 Å². The molecule has 0 unspecified atom stereocenters. The molecular weight excluding hydrogens is 292 g/mol. The molecule has 1 N–H and O–H groups in total. The Hall–Kier alpha value is -1.59. The van der Waals surface area contributed by atoms with Gasteiger partial charge in [0.2, 0.25) is 5.91 Å². The molecule has 2 aliphatic rings. The number of methoxy groups -OCH3 is 1. The summed E-state index contributed by atoms with van der Waals surface area (Å²) in [7, 11) is 1.64. The maximum Gasteiger partial charge on any atom is 0.227 e. The van der Waals surface area contributed by atoms with Crippen LogP contribution in [0.15, 0.2) is 24.3 Å². The number of aliphatic hydroxyl groups excluding tert-OH is 1. The zero-order valence-corrected chi connectivity index (χ0v) is 13.8. The first-order valence-corrected chi connectivity index (χ1v) is 8.47. The van der Waals surface area contributed by atoms with E-state index in [0.29, 0.717) is 12.3 Å². The van der Waals surface area contributed by atoms with E-state index >= 15 is 0 Å². The quantitative estimate of drug-likeness (QED) is 0.855. The molecule has 0 bridgehead atoms. The molecule has 1 atom stereocenters. The fraction of sp³-hybridized carbons (Fsp3) is 0.611. The lowest BCUT2D eigenvalue weighted by Crippen LogP contribution is -2.51. The van der Waals surface area contributed by atoms with Gasteiger partial charge in [-0.1, -0.05) is 12.1 Å². The summed E-state index contributed by atoms with van der Waals surface area (Å²) in [5.41, 5.74) is 1.02. The molecule has 0 radical (unpaired) electrons. The Labute approximate surface area is 137 Å². The Balaban J connectivity index is 1.43. The fourth-order valence-electron chi connectivity index (χ4n) is 3.10. The van der Waals surface area contributed by atoms with E-state index in [2.05, 4.69) is 4.90 Å². The average Bonchev–Trinajstić information content (AvgIpc) is 3.41. The molecule has 1 saturated heterocycles. The van der Waals surface area contributed by atoms with E-state index in [9.17, 15) is 9.90 Å². The van der Waals surface area contributed by atoms with Crippen LogP contribution in [0.25, 0.3) is 0 Å². The van der Waals surface area contributed by atoms with Gasteiger partial charge >= 0.3 is 0 Å². The SMILES string of the molecule is COc1ccc(CC(=O)N2CCN(C[C@H](O)C3CC3)CC2)cc1. The first-order valence-electron chi connectivity index (χ1n) is 8.47. The smallest absolute Gasteiger partial charge is 0.227 e. The van der Waals surface area contributed by atoms with Crippen molar-refractivity contribution in [1.29, 1.82) is 0 Å². The van der Waals surface area contributed by atoms with Gasteiger partial charge in [-0.15, -0.1) is 0 Å². The highest BCUT2D eigenvalue weighted by molar-refractivity contribution is 5.78.